The fraction of sp³-hybridized carbons (Fsp3) is 0.312. The molecule has 0 bridgehead atoms. The Morgan fingerprint density at radius 2 is 2.24 bits per heavy atom. The first-order valence-electron chi connectivity index (χ1n) is 6.81. The summed E-state index contributed by atoms with van der Waals surface area (Å²) >= 11 is 5.89. The summed E-state index contributed by atoms with van der Waals surface area (Å²) in [5.74, 6) is 0.804. The van der Waals surface area contributed by atoms with Gasteiger partial charge in [-0.2, -0.15) is 0 Å². The van der Waals surface area contributed by atoms with E-state index < -0.39 is 6.29 Å². The molecule has 0 radical (unpaired) electrons. The molecule has 21 heavy (non-hydrogen) atoms. The van der Waals surface area contributed by atoms with E-state index >= 15 is 0 Å². The fourth-order valence-corrected chi connectivity index (χ4v) is 2.65. The van der Waals surface area contributed by atoms with Gasteiger partial charge in [0.1, 0.15) is 23.6 Å². The van der Waals surface area contributed by atoms with Crippen molar-refractivity contribution in [2.24, 2.45) is 5.92 Å². The van der Waals surface area contributed by atoms with Gasteiger partial charge in [0.15, 0.2) is 6.29 Å². The average Bonchev–Trinajstić information content (AvgIpc) is 2.84. The van der Waals surface area contributed by atoms with E-state index in [1.807, 2.05) is 24.3 Å². The zero-order chi connectivity index (χ0) is 14.8. The second-order valence-electron chi connectivity index (χ2n) is 5.06. The molecule has 1 aromatic carbocycles. The maximum Gasteiger partial charge on any atom is 0.155 e. The Bertz CT molecular complexity index is 661. The quantitative estimate of drug-likeness (QED) is 0.696. The SMILES string of the molecule is C=CC1CC(O)OC1COc1ccc2ccc(Cl)nc2c1. The van der Waals surface area contributed by atoms with Gasteiger partial charge in [-0.1, -0.05) is 17.7 Å². The van der Waals surface area contributed by atoms with Crippen LogP contribution < -0.4 is 4.74 Å². The van der Waals surface area contributed by atoms with Crippen LogP contribution in [0.25, 0.3) is 10.9 Å². The molecule has 0 aliphatic carbocycles. The van der Waals surface area contributed by atoms with Crippen LogP contribution >= 0.6 is 11.6 Å². The molecule has 1 fully saturated rings. The van der Waals surface area contributed by atoms with E-state index in [0.29, 0.717) is 23.9 Å². The number of benzene rings is 1. The first-order valence-corrected chi connectivity index (χ1v) is 7.18. The number of fused-ring (bicyclic) bond motifs is 1. The van der Waals surface area contributed by atoms with E-state index in [9.17, 15) is 5.11 Å². The lowest BCUT2D eigenvalue weighted by molar-refractivity contribution is -0.100. The van der Waals surface area contributed by atoms with E-state index in [2.05, 4.69) is 11.6 Å². The Morgan fingerprint density at radius 3 is 3.05 bits per heavy atom. The highest BCUT2D eigenvalue weighted by atomic mass is 35.5. The molecule has 2 aromatic rings. The van der Waals surface area contributed by atoms with Gasteiger partial charge < -0.3 is 14.6 Å². The van der Waals surface area contributed by atoms with Gasteiger partial charge >= 0.3 is 0 Å². The van der Waals surface area contributed by atoms with Crippen molar-refractivity contribution in [3.8, 4) is 5.75 Å². The number of rotatable bonds is 4. The molecule has 0 spiro atoms. The van der Waals surface area contributed by atoms with Gasteiger partial charge in [0.05, 0.1) is 5.52 Å². The zero-order valence-corrected chi connectivity index (χ0v) is 12.2. The van der Waals surface area contributed by atoms with Crippen LogP contribution in [-0.2, 0) is 4.74 Å². The molecule has 1 aromatic heterocycles. The first-order chi connectivity index (χ1) is 10.2. The lowest BCUT2D eigenvalue weighted by Gasteiger charge is -2.16. The molecule has 0 saturated carbocycles. The van der Waals surface area contributed by atoms with Gasteiger partial charge in [-0.25, -0.2) is 4.98 Å². The molecule has 0 amide bonds. The van der Waals surface area contributed by atoms with Crippen LogP contribution in [0.4, 0.5) is 0 Å². The largest absolute Gasteiger partial charge is 0.491 e. The van der Waals surface area contributed by atoms with Gasteiger partial charge in [0.2, 0.25) is 0 Å². The van der Waals surface area contributed by atoms with Crippen molar-refractivity contribution in [2.75, 3.05) is 6.61 Å². The monoisotopic (exact) mass is 305 g/mol. The number of hydrogen-bond donors (Lipinski definition) is 1. The highest BCUT2D eigenvalue weighted by molar-refractivity contribution is 6.29. The topological polar surface area (TPSA) is 51.6 Å². The molecule has 1 aliphatic heterocycles. The van der Waals surface area contributed by atoms with Crippen LogP contribution in [-0.4, -0.2) is 29.1 Å². The minimum absolute atomic E-state index is 0.105. The van der Waals surface area contributed by atoms with Crippen LogP contribution in [0.5, 0.6) is 5.75 Å². The summed E-state index contributed by atoms with van der Waals surface area (Å²) in [7, 11) is 0. The smallest absolute Gasteiger partial charge is 0.155 e. The summed E-state index contributed by atoms with van der Waals surface area (Å²) in [4.78, 5) is 4.26. The molecule has 1 saturated heterocycles. The zero-order valence-electron chi connectivity index (χ0n) is 11.4. The van der Waals surface area contributed by atoms with E-state index in [4.69, 9.17) is 21.1 Å². The molecule has 3 unspecified atom stereocenters. The van der Waals surface area contributed by atoms with Crippen LogP contribution in [0, 0.1) is 5.92 Å². The number of pyridine rings is 1. The second-order valence-corrected chi connectivity index (χ2v) is 5.45. The summed E-state index contributed by atoms with van der Waals surface area (Å²) in [5.41, 5.74) is 0.785. The first kappa shape index (κ1) is 14.3. The molecule has 1 aliphatic rings. The van der Waals surface area contributed by atoms with Crippen molar-refractivity contribution in [1.82, 2.24) is 4.98 Å². The van der Waals surface area contributed by atoms with Gasteiger partial charge in [0.25, 0.3) is 0 Å². The minimum Gasteiger partial charge on any atom is -0.491 e. The number of halogens is 1. The maximum absolute atomic E-state index is 9.52. The number of aliphatic hydroxyl groups is 1. The molecule has 3 rings (SSSR count). The van der Waals surface area contributed by atoms with Crippen LogP contribution in [0.3, 0.4) is 0 Å². The van der Waals surface area contributed by atoms with E-state index in [-0.39, 0.29) is 12.0 Å². The van der Waals surface area contributed by atoms with Gasteiger partial charge in [-0.3, -0.25) is 0 Å². The molecule has 4 nitrogen and oxygen atoms in total. The Hall–Kier alpha value is -1.62. The number of aliphatic hydroxyl groups excluding tert-OH is 1. The third-order valence-electron chi connectivity index (χ3n) is 3.63. The maximum atomic E-state index is 9.52. The number of ether oxygens (including phenoxy) is 2. The van der Waals surface area contributed by atoms with Crippen molar-refractivity contribution in [3.05, 3.63) is 48.1 Å². The third kappa shape index (κ3) is 3.18. The van der Waals surface area contributed by atoms with Crippen molar-refractivity contribution in [3.63, 3.8) is 0 Å². The van der Waals surface area contributed by atoms with Gasteiger partial charge in [0, 0.05) is 23.8 Å². The number of hydrogen-bond acceptors (Lipinski definition) is 4. The highest BCUT2D eigenvalue weighted by Gasteiger charge is 2.32. The van der Waals surface area contributed by atoms with Gasteiger partial charge in [-0.15, -0.1) is 6.58 Å². The van der Waals surface area contributed by atoms with Crippen molar-refractivity contribution < 1.29 is 14.6 Å². The lowest BCUT2D eigenvalue weighted by atomic mass is 10.0. The van der Waals surface area contributed by atoms with Crippen molar-refractivity contribution in [2.45, 2.75) is 18.8 Å². The fourth-order valence-electron chi connectivity index (χ4n) is 2.49. The minimum atomic E-state index is -0.737. The predicted octanol–water partition coefficient (Wildman–Crippen LogP) is 3.18. The molecule has 1 N–H and O–H groups in total. The third-order valence-corrected chi connectivity index (χ3v) is 3.84. The summed E-state index contributed by atoms with van der Waals surface area (Å²) in [6.07, 6.45) is 1.44. The number of nitrogens with zero attached hydrogens (tertiary/aromatic N) is 1. The standard InChI is InChI=1S/C16H16ClNO3/c1-2-10-7-16(19)21-14(10)9-20-12-5-3-11-4-6-15(17)18-13(11)8-12/h2-6,8,10,14,16,19H,1,7,9H2. The molecule has 110 valence electrons. The average molecular weight is 306 g/mol. The summed E-state index contributed by atoms with van der Waals surface area (Å²) < 4.78 is 11.2. The Kier molecular flexibility index (Phi) is 4.10. The predicted molar refractivity (Wildman–Crippen MR) is 81.4 cm³/mol. The molecule has 3 atom stereocenters. The molecule has 2 heterocycles. The molecular weight excluding hydrogens is 290 g/mol. The normalized spacial score (nSPS) is 25.1. The van der Waals surface area contributed by atoms with Crippen LogP contribution in [0.1, 0.15) is 6.42 Å². The van der Waals surface area contributed by atoms with E-state index in [0.717, 1.165) is 10.9 Å². The Balaban J connectivity index is 1.71. The summed E-state index contributed by atoms with van der Waals surface area (Å²) in [5, 5.41) is 11.0. The van der Waals surface area contributed by atoms with Crippen LogP contribution in [0.15, 0.2) is 43.0 Å². The Morgan fingerprint density at radius 1 is 1.43 bits per heavy atom. The van der Waals surface area contributed by atoms with Gasteiger partial charge in [-0.05, 0) is 24.3 Å². The van der Waals surface area contributed by atoms with Crippen LogP contribution in [0.2, 0.25) is 5.15 Å². The highest BCUT2D eigenvalue weighted by Crippen LogP contribution is 2.27. The summed E-state index contributed by atoms with van der Waals surface area (Å²) in [6, 6.07) is 9.33. The molecular formula is C16H16ClNO3. The number of aromatic nitrogens is 1. The van der Waals surface area contributed by atoms with Crippen molar-refractivity contribution in [1.29, 1.82) is 0 Å². The second kappa shape index (κ2) is 6.02. The Labute approximate surface area is 128 Å². The van der Waals surface area contributed by atoms with Crippen molar-refractivity contribution >= 4 is 22.5 Å². The lowest BCUT2D eigenvalue weighted by Crippen LogP contribution is -2.23. The van der Waals surface area contributed by atoms with E-state index in [1.54, 1.807) is 12.1 Å². The van der Waals surface area contributed by atoms with E-state index in [1.165, 1.54) is 0 Å². The molecule has 5 heteroatoms. The summed E-state index contributed by atoms with van der Waals surface area (Å²) in [6.45, 7) is 4.12.